The first-order chi connectivity index (χ1) is 6.16. The third-order valence-corrected chi connectivity index (χ3v) is 2.99. The third kappa shape index (κ3) is 1.53. The van der Waals surface area contributed by atoms with Crippen molar-refractivity contribution >= 4 is 5.97 Å². The van der Waals surface area contributed by atoms with Gasteiger partial charge in [0.05, 0.1) is 0 Å². The van der Waals surface area contributed by atoms with E-state index in [2.05, 4.69) is 6.92 Å². The molecule has 0 fully saturated rings. The summed E-state index contributed by atoms with van der Waals surface area (Å²) in [6.07, 6.45) is 5.97. The lowest BCUT2D eigenvalue weighted by molar-refractivity contribution is -0.132. The quantitative estimate of drug-likeness (QED) is 0.669. The second-order valence-corrected chi connectivity index (χ2v) is 4.13. The van der Waals surface area contributed by atoms with E-state index in [9.17, 15) is 4.79 Å². The van der Waals surface area contributed by atoms with Gasteiger partial charge in [0.25, 0.3) is 0 Å². The van der Waals surface area contributed by atoms with Crippen LogP contribution in [0.1, 0.15) is 32.6 Å². The molecule has 0 aliphatic heterocycles. The fraction of sp³-hybridized carbons (Fsp3) is 0.545. The Kier molecular flexibility index (Phi) is 1.98. The van der Waals surface area contributed by atoms with E-state index < -0.39 is 5.97 Å². The van der Waals surface area contributed by atoms with E-state index in [1.54, 1.807) is 0 Å². The molecule has 2 rings (SSSR count). The number of carboxylic acid groups (broad SMARTS) is 1. The van der Waals surface area contributed by atoms with Gasteiger partial charge in [0.2, 0.25) is 0 Å². The van der Waals surface area contributed by atoms with Gasteiger partial charge < -0.3 is 5.11 Å². The van der Waals surface area contributed by atoms with Crippen molar-refractivity contribution in [3.05, 3.63) is 22.8 Å². The summed E-state index contributed by atoms with van der Waals surface area (Å²) < 4.78 is 0. The standard InChI is InChI=1S/C11H14O2/c1-7-2-3-8-5-10(11(12)13)6-9(8)4-7/h6-7H,2-5H2,1H3,(H,12,13). The van der Waals surface area contributed by atoms with Crippen LogP contribution in [0.15, 0.2) is 22.8 Å². The van der Waals surface area contributed by atoms with Gasteiger partial charge in [0.1, 0.15) is 0 Å². The Bertz CT molecular complexity index is 310. The Balaban J connectivity index is 2.17. The second-order valence-electron chi connectivity index (χ2n) is 4.13. The van der Waals surface area contributed by atoms with Crippen molar-refractivity contribution in [2.45, 2.75) is 32.6 Å². The van der Waals surface area contributed by atoms with Gasteiger partial charge in [-0.1, -0.05) is 12.5 Å². The molecule has 0 saturated heterocycles. The summed E-state index contributed by atoms with van der Waals surface area (Å²) in [5.41, 5.74) is 3.26. The number of allylic oxidation sites excluding steroid dienone is 3. The molecule has 0 aromatic rings. The number of aliphatic carboxylic acids is 1. The molecule has 0 aromatic carbocycles. The van der Waals surface area contributed by atoms with Crippen molar-refractivity contribution in [2.75, 3.05) is 0 Å². The van der Waals surface area contributed by atoms with Crippen LogP contribution in [0.25, 0.3) is 0 Å². The molecule has 2 aliphatic rings. The lowest BCUT2D eigenvalue weighted by Gasteiger charge is -2.19. The molecule has 2 heteroatoms. The van der Waals surface area contributed by atoms with Crippen LogP contribution < -0.4 is 0 Å². The van der Waals surface area contributed by atoms with Gasteiger partial charge in [-0.2, -0.15) is 0 Å². The van der Waals surface area contributed by atoms with Crippen molar-refractivity contribution in [1.82, 2.24) is 0 Å². The van der Waals surface area contributed by atoms with Crippen molar-refractivity contribution in [2.24, 2.45) is 5.92 Å². The summed E-state index contributed by atoms with van der Waals surface area (Å²) in [4.78, 5) is 10.7. The summed E-state index contributed by atoms with van der Waals surface area (Å²) in [5, 5.41) is 8.83. The predicted octanol–water partition coefficient (Wildman–Crippen LogP) is 2.52. The summed E-state index contributed by atoms with van der Waals surface area (Å²) in [6.45, 7) is 2.23. The number of carbonyl (C=O) groups is 1. The molecule has 0 aromatic heterocycles. The van der Waals surface area contributed by atoms with Crippen LogP contribution in [0.5, 0.6) is 0 Å². The summed E-state index contributed by atoms with van der Waals surface area (Å²) in [7, 11) is 0. The molecule has 1 N–H and O–H groups in total. The molecule has 0 bridgehead atoms. The van der Waals surface area contributed by atoms with Crippen LogP contribution in [-0.4, -0.2) is 11.1 Å². The molecular weight excluding hydrogens is 164 g/mol. The highest BCUT2D eigenvalue weighted by Gasteiger charge is 2.24. The third-order valence-electron chi connectivity index (χ3n) is 2.99. The molecule has 0 spiro atoms. The van der Waals surface area contributed by atoms with Crippen molar-refractivity contribution in [3.8, 4) is 0 Å². The van der Waals surface area contributed by atoms with Crippen molar-refractivity contribution in [3.63, 3.8) is 0 Å². The largest absolute Gasteiger partial charge is 0.478 e. The zero-order valence-electron chi connectivity index (χ0n) is 7.84. The highest BCUT2D eigenvalue weighted by molar-refractivity contribution is 5.89. The van der Waals surface area contributed by atoms with E-state index in [-0.39, 0.29) is 0 Å². The molecule has 70 valence electrons. The second kappa shape index (κ2) is 3.02. The van der Waals surface area contributed by atoms with Crippen LogP contribution in [-0.2, 0) is 4.79 Å². The van der Waals surface area contributed by atoms with Gasteiger partial charge in [-0.05, 0) is 36.8 Å². The van der Waals surface area contributed by atoms with E-state index in [0.29, 0.717) is 12.0 Å². The zero-order chi connectivity index (χ0) is 9.42. The summed E-state index contributed by atoms with van der Waals surface area (Å²) in [5.74, 6) is -0.0230. The Labute approximate surface area is 78.0 Å². The van der Waals surface area contributed by atoms with Crippen LogP contribution in [0.4, 0.5) is 0 Å². The molecule has 0 saturated carbocycles. The Morgan fingerprint density at radius 2 is 2.38 bits per heavy atom. The predicted molar refractivity (Wildman–Crippen MR) is 50.4 cm³/mol. The first-order valence-corrected chi connectivity index (χ1v) is 4.81. The van der Waals surface area contributed by atoms with Gasteiger partial charge in [0.15, 0.2) is 0 Å². The average molecular weight is 178 g/mol. The Morgan fingerprint density at radius 3 is 3.08 bits per heavy atom. The molecule has 2 nitrogen and oxygen atoms in total. The minimum atomic E-state index is -0.748. The van der Waals surface area contributed by atoms with E-state index in [1.165, 1.54) is 17.6 Å². The Hall–Kier alpha value is -1.05. The highest BCUT2D eigenvalue weighted by Crippen LogP contribution is 2.38. The van der Waals surface area contributed by atoms with Crippen LogP contribution in [0.3, 0.4) is 0 Å². The molecular formula is C11H14O2. The molecule has 2 aliphatic carbocycles. The molecule has 13 heavy (non-hydrogen) atoms. The summed E-state index contributed by atoms with van der Waals surface area (Å²) >= 11 is 0. The van der Waals surface area contributed by atoms with E-state index in [4.69, 9.17) is 5.11 Å². The minimum Gasteiger partial charge on any atom is -0.478 e. The van der Waals surface area contributed by atoms with Crippen LogP contribution in [0.2, 0.25) is 0 Å². The van der Waals surface area contributed by atoms with E-state index >= 15 is 0 Å². The van der Waals surface area contributed by atoms with Gasteiger partial charge in [0, 0.05) is 12.0 Å². The summed E-state index contributed by atoms with van der Waals surface area (Å²) in [6, 6.07) is 0. The topological polar surface area (TPSA) is 37.3 Å². The van der Waals surface area contributed by atoms with Gasteiger partial charge in [-0.25, -0.2) is 4.79 Å². The zero-order valence-corrected chi connectivity index (χ0v) is 7.84. The number of hydrogen-bond donors (Lipinski definition) is 1. The van der Waals surface area contributed by atoms with E-state index in [0.717, 1.165) is 18.8 Å². The molecule has 0 amide bonds. The van der Waals surface area contributed by atoms with Gasteiger partial charge in [-0.15, -0.1) is 0 Å². The fourth-order valence-electron chi connectivity index (χ4n) is 2.19. The highest BCUT2D eigenvalue weighted by atomic mass is 16.4. The lowest BCUT2D eigenvalue weighted by atomic mass is 9.86. The minimum absolute atomic E-state index is 0.583. The average Bonchev–Trinajstić information content (AvgIpc) is 2.46. The first kappa shape index (κ1) is 8.54. The molecule has 1 atom stereocenters. The monoisotopic (exact) mass is 178 g/mol. The molecule has 0 radical (unpaired) electrons. The van der Waals surface area contributed by atoms with E-state index in [1.807, 2.05) is 6.08 Å². The number of hydrogen-bond acceptors (Lipinski definition) is 1. The normalized spacial score (nSPS) is 27.2. The lowest BCUT2D eigenvalue weighted by Crippen LogP contribution is -2.04. The van der Waals surface area contributed by atoms with Gasteiger partial charge in [-0.3, -0.25) is 0 Å². The van der Waals surface area contributed by atoms with Crippen molar-refractivity contribution < 1.29 is 9.90 Å². The maximum atomic E-state index is 10.7. The fourth-order valence-corrected chi connectivity index (χ4v) is 2.19. The molecule has 1 unspecified atom stereocenters. The Morgan fingerprint density at radius 1 is 1.62 bits per heavy atom. The van der Waals surface area contributed by atoms with Gasteiger partial charge >= 0.3 is 5.97 Å². The number of rotatable bonds is 1. The van der Waals surface area contributed by atoms with Crippen LogP contribution >= 0.6 is 0 Å². The maximum absolute atomic E-state index is 10.7. The smallest absolute Gasteiger partial charge is 0.331 e. The molecule has 0 heterocycles. The maximum Gasteiger partial charge on any atom is 0.331 e. The SMILES string of the molecule is CC1CCC2=C(C=C(C(=O)O)C2)C1. The van der Waals surface area contributed by atoms with Crippen molar-refractivity contribution in [1.29, 1.82) is 0 Å². The van der Waals surface area contributed by atoms with Crippen LogP contribution in [0, 0.1) is 5.92 Å². The first-order valence-electron chi connectivity index (χ1n) is 4.81. The number of carboxylic acids is 1.